The fraction of sp³-hybridized carbons (Fsp3) is 0.286. The van der Waals surface area contributed by atoms with Crippen LogP contribution in [0.5, 0.6) is 0 Å². The maximum atomic E-state index is 13.3. The fourth-order valence-electron chi connectivity index (χ4n) is 1.85. The highest BCUT2D eigenvalue weighted by Gasteiger charge is 2.20. The molecule has 1 unspecified atom stereocenters. The molecule has 5 heteroatoms. The summed E-state index contributed by atoms with van der Waals surface area (Å²) in [6.45, 7) is 2.95. The molecule has 102 valence electrons. The summed E-state index contributed by atoms with van der Waals surface area (Å²) in [4.78, 5) is 0. The molecule has 1 aromatic heterocycles. The van der Waals surface area contributed by atoms with Gasteiger partial charge in [0.2, 0.25) is 0 Å². The van der Waals surface area contributed by atoms with Crippen LogP contribution in [0.2, 0.25) is 0 Å². The van der Waals surface area contributed by atoms with Gasteiger partial charge in [-0.1, -0.05) is 13.0 Å². The van der Waals surface area contributed by atoms with E-state index in [1.54, 1.807) is 18.4 Å². The van der Waals surface area contributed by atoms with Crippen molar-refractivity contribution in [1.82, 2.24) is 5.32 Å². The van der Waals surface area contributed by atoms with Gasteiger partial charge in [0.25, 0.3) is 0 Å². The molecule has 2 rings (SSSR count). The number of hydrogen-bond acceptors (Lipinski definition) is 2. The van der Waals surface area contributed by atoms with Crippen LogP contribution in [-0.2, 0) is 0 Å². The topological polar surface area (TPSA) is 25.2 Å². The summed E-state index contributed by atoms with van der Waals surface area (Å²) >= 11 is 6.69. The Hall–Kier alpha value is -0.650. The predicted molar refractivity (Wildman–Crippen MR) is 80.6 cm³/mol. The Balaban J connectivity index is 2.37. The average Bonchev–Trinajstić information content (AvgIpc) is 2.80. The molecule has 0 aliphatic heterocycles. The van der Waals surface area contributed by atoms with Crippen molar-refractivity contribution in [2.75, 3.05) is 6.54 Å². The zero-order valence-corrected chi connectivity index (χ0v) is 13.6. The molecule has 1 atom stereocenters. The van der Waals surface area contributed by atoms with Gasteiger partial charge in [-0.15, -0.1) is 0 Å². The van der Waals surface area contributed by atoms with Gasteiger partial charge in [0.1, 0.15) is 11.6 Å². The number of halogens is 3. The Labute approximate surface area is 128 Å². The van der Waals surface area contributed by atoms with Crippen molar-refractivity contribution in [3.05, 3.63) is 56.6 Å². The monoisotopic (exact) mass is 389 g/mol. The predicted octanol–water partition coefficient (Wildman–Crippen LogP) is 5.03. The molecule has 1 aromatic carbocycles. The largest absolute Gasteiger partial charge is 0.466 e. The number of furan rings is 1. The van der Waals surface area contributed by atoms with Crippen LogP contribution in [0.3, 0.4) is 0 Å². The lowest BCUT2D eigenvalue weighted by molar-refractivity contribution is 0.444. The van der Waals surface area contributed by atoms with Crippen LogP contribution in [-0.4, -0.2) is 6.54 Å². The summed E-state index contributed by atoms with van der Waals surface area (Å²) in [5, 5.41) is 3.41. The molecule has 2 nitrogen and oxygen atoms in total. The van der Waals surface area contributed by atoms with Gasteiger partial charge in [0.05, 0.1) is 21.3 Å². The molecule has 19 heavy (non-hydrogen) atoms. The smallest absolute Gasteiger partial charge is 0.139 e. The van der Waals surface area contributed by atoms with Gasteiger partial charge in [0.15, 0.2) is 0 Å². The molecule has 0 spiro atoms. The molecule has 1 heterocycles. The van der Waals surface area contributed by atoms with Crippen LogP contribution in [0.15, 0.2) is 43.9 Å². The van der Waals surface area contributed by atoms with Crippen molar-refractivity contribution < 1.29 is 8.81 Å². The van der Waals surface area contributed by atoms with E-state index < -0.39 is 0 Å². The molecule has 0 aliphatic carbocycles. The van der Waals surface area contributed by atoms with Crippen molar-refractivity contribution >= 4 is 31.9 Å². The molecular weight excluding hydrogens is 377 g/mol. The van der Waals surface area contributed by atoms with Gasteiger partial charge >= 0.3 is 0 Å². The standard InChI is InChI=1S/C14H14Br2FNO/c1-2-6-18-13(14-10(15)5-7-19-14)9-3-4-12(17)11(16)8-9/h3-5,7-8,13,18H,2,6H2,1H3. The van der Waals surface area contributed by atoms with Gasteiger partial charge in [-0.3, -0.25) is 0 Å². The second kappa shape index (κ2) is 6.68. The van der Waals surface area contributed by atoms with Gasteiger partial charge in [-0.25, -0.2) is 4.39 Å². The molecule has 0 saturated heterocycles. The first-order valence-electron chi connectivity index (χ1n) is 6.04. The summed E-state index contributed by atoms with van der Waals surface area (Å²) in [5.74, 6) is 0.531. The third kappa shape index (κ3) is 3.46. The second-order valence-electron chi connectivity index (χ2n) is 4.19. The third-order valence-corrected chi connectivity index (χ3v) is 4.05. The highest BCUT2D eigenvalue weighted by atomic mass is 79.9. The quantitative estimate of drug-likeness (QED) is 0.774. The molecule has 0 aliphatic rings. The molecule has 0 saturated carbocycles. The molecule has 0 amide bonds. The molecule has 2 aromatic rings. The Morgan fingerprint density at radius 3 is 2.63 bits per heavy atom. The van der Waals surface area contributed by atoms with Crippen molar-refractivity contribution in [3.8, 4) is 0 Å². The minimum Gasteiger partial charge on any atom is -0.466 e. The number of nitrogens with one attached hydrogen (secondary N) is 1. The van der Waals surface area contributed by atoms with Crippen LogP contribution >= 0.6 is 31.9 Å². The maximum Gasteiger partial charge on any atom is 0.139 e. The van der Waals surface area contributed by atoms with Crippen molar-refractivity contribution in [2.45, 2.75) is 19.4 Å². The van der Waals surface area contributed by atoms with Crippen LogP contribution in [0.4, 0.5) is 4.39 Å². The Kier molecular flexibility index (Phi) is 5.19. The van der Waals surface area contributed by atoms with Gasteiger partial charge in [-0.05, 0) is 68.6 Å². The van der Waals surface area contributed by atoms with E-state index in [0.717, 1.165) is 28.8 Å². The Morgan fingerprint density at radius 1 is 1.26 bits per heavy atom. The van der Waals surface area contributed by atoms with Crippen molar-refractivity contribution in [1.29, 1.82) is 0 Å². The van der Waals surface area contributed by atoms with Crippen LogP contribution in [0, 0.1) is 5.82 Å². The van der Waals surface area contributed by atoms with E-state index >= 15 is 0 Å². The highest BCUT2D eigenvalue weighted by Crippen LogP contribution is 2.31. The molecule has 0 radical (unpaired) electrons. The van der Waals surface area contributed by atoms with Crippen LogP contribution in [0.25, 0.3) is 0 Å². The lowest BCUT2D eigenvalue weighted by Crippen LogP contribution is -2.23. The maximum absolute atomic E-state index is 13.3. The van der Waals surface area contributed by atoms with Crippen molar-refractivity contribution in [2.24, 2.45) is 0 Å². The fourth-order valence-corrected chi connectivity index (χ4v) is 2.68. The van der Waals surface area contributed by atoms with E-state index in [9.17, 15) is 4.39 Å². The van der Waals surface area contributed by atoms with Gasteiger partial charge in [-0.2, -0.15) is 0 Å². The van der Waals surface area contributed by atoms with E-state index in [0.29, 0.717) is 4.47 Å². The van der Waals surface area contributed by atoms with E-state index in [1.165, 1.54) is 6.07 Å². The highest BCUT2D eigenvalue weighted by molar-refractivity contribution is 9.10. The zero-order valence-electron chi connectivity index (χ0n) is 10.4. The van der Waals surface area contributed by atoms with E-state index in [-0.39, 0.29) is 11.9 Å². The Morgan fingerprint density at radius 2 is 2.05 bits per heavy atom. The first kappa shape index (κ1) is 14.8. The second-order valence-corrected chi connectivity index (χ2v) is 5.90. The van der Waals surface area contributed by atoms with Crippen LogP contribution in [0.1, 0.15) is 30.7 Å². The minimum atomic E-state index is -0.267. The normalized spacial score (nSPS) is 12.6. The summed E-state index contributed by atoms with van der Waals surface area (Å²) in [6.07, 6.45) is 2.65. The SMILES string of the molecule is CCCNC(c1ccc(F)c(Br)c1)c1occc1Br. The Bertz CT molecular complexity index is 556. The first-order valence-corrected chi connectivity index (χ1v) is 7.63. The van der Waals surface area contributed by atoms with Crippen LogP contribution < -0.4 is 5.32 Å². The summed E-state index contributed by atoms with van der Waals surface area (Å²) < 4.78 is 20.2. The number of benzene rings is 1. The summed E-state index contributed by atoms with van der Waals surface area (Å²) in [5.41, 5.74) is 0.956. The lowest BCUT2D eigenvalue weighted by atomic mass is 10.0. The average molecular weight is 391 g/mol. The molecule has 1 N–H and O–H groups in total. The van der Waals surface area contributed by atoms with Gasteiger partial charge < -0.3 is 9.73 Å². The number of rotatable bonds is 5. The molecule has 0 fully saturated rings. The van der Waals surface area contributed by atoms with Gasteiger partial charge in [0, 0.05) is 0 Å². The zero-order chi connectivity index (χ0) is 13.8. The van der Waals surface area contributed by atoms with E-state index in [2.05, 4.69) is 44.1 Å². The van der Waals surface area contributed by atoms with Crippen molar-refractivity contribution in [3.63, 3.8) is 0 Å². The van der Waals surface area contributed by atoms with E-state index in [4.69, 9.17) is 4.42 Å². The molecular formula is C14H14Br2FNO. The van der Waals surface area contributed by atoms with E-state index in [1.807, 2.05) is 6.07 Å². The summed E-state index contributed by atoms with van der Waals surface area (Å²) in [6, 6.07) is 6.76. The first-order chi connectivity index (χ1) is 9.13. The minimum absolute atomic E-state index is 0.0961. The third-order valence-electron chi connectivity index (χ3n) is 2.78. The number of hydrogen-bond donors (Lipinski definition) is 1. The molecule has 0 bridgehead atoms. The summed E-state index contributed by atoms with van der Waals surface area (Å²) in [7, 11) is 0. The lowest BCUT2D eigenvalue weighted by Gasteiger charge is -2.18.